The van der Waals surface area contributed by atoms with Crippen LogP contribution in [0.15, 0.2) is 66.3 Å². The molecule has 0 aliphatic carbocycles. The maximum Gasteiger partial charge on any atom is 2.00 e. The topological polar surface area (TPSA) is 29.9 Å². The molecule has 0 N–H and O–H groups in total. The van der Waals surface area contributed by atoms with Crippen molar-refractivity contribution in [3.8, 4) is 11.3 Å². The first kappa shape index (κ1) is 13.7. The summed E-state index contributed by atoms with van der Waals surface area (Å²) in [7, 11) is 0. The molecule has 96 valence electrons. The van der Waals surface area contributed by atoms with E-state index in [1.54, 1.807) is 21.4 Å². The Balaban J connectivity index is 0.000000190. The number of rotatable bonds is 1. The number of hydrogen-bond donors (Lipinski definition) is 0. The first-order valence-corrected chi connectivity index (χ1v) is 6.49. The molecule has 0 amide bonds. The monoisotopic (exact) mass is 309 g/mol. The van der Waals surface area contributed by atoms with Gasteiger partial charge < -0.3 is 5.56 Å². The first-order valence-electron chi connectivity index (χ1n) is 5.61. The van der Waals surface area contributed by atoms with Crippen LogP contribution >= 0.6 is 11.3 Å². The van der Waals surface area contributed by atoms with Crippen molar-refractivity contribution in [3.63, 3.8) is 0 Å². The van der Waals surface area contributed by atoms with E-state index in [2.05, 4.69) is 10.1 Å². The molecular formula is C14H11FeN3S. The summed E-state index contributed by atoms with van der Waals surface area (Å²) in [5.41, 5.74) is 3.93. The SMILES string of the molecule is [Fe+2].c1c[cH-]c(-c2[cH-][n+]3nc[s+][c-]3n2)c1.c1cc[cH-]c1. The Hall–Kier alpha value is -1.68. The predicted molar refractivity (Wildman–Crippen MR) is 71.7 cm³/mol. The molecule has 2 heterocycles. The Morgan fingerprint density at radius 2 is 2.00 bits per heavy atom. The van der Waals surface area contributed by atoms with E-state index in [1.807, 2.05) is 60.8 Å². The standard InChI is InChI=1S/C9H6N3S.C5H5.Fe/c1-2-4-7(3-1)8-5-12-9(11-8)13-6-10-12;1-2-4-5-3-1;/h1-6H;1-5H;/q2*-1;+2. The van der Waals surface area contributed by atoms with Crippen LogP contribution in [0.3, 0.4) is 0 Å². The second-order valence-electron chi connectivity index (χ2n) is 3.73. The van der Waals surface area contributed by atoms with Crippen molar-refractivity contribution < 1.29 is 21.6 Å². The molecule has 2 aromatic heterocycles. The second-order valence-corrected chi connectivity index (χ2v) is 4.54. The molecule has 4 aromatic rings. The van der Waals surface area contributed by atoms with E-state index in [0.717, 1.165) is 16.2 Å². The molecule has 0 radical (unpaired) electrons. The third-order valence-corrected chi connectivity index (χ3v) is 3.19. The van der Waals surface area contributed by atoms with E-state index < -0.39 is 0 Å². The quantitative estimate of drug-likeness (QED) is 0.234. The molecule has 2 aromatic carbocycles. The van der Waals surface area contributed by atoms with Crippen molar-refractivity contribution in [2.24, 2.45) is 0 Å². The molecule has 5 heteroatoms. The molecule has 0 saturated carbocycles. The molecule has 0 spiro atoms. The van der Waals surface area contributed by atoms with Crippen LogP contribution in [0.25, 0.3) is 16.2 Å². The first-order chi connectivity index (χ1) is 8.93. The predicted octanol–water partition coefficient (Wildman–Crippen LogP) is 2.78. The largest absolute Gasteiger partial charge is 2.00 e. The maximum atomic E-state index is 4.43. The van der Waals surface area contributed by atoms with Gasteiger partial charge >= 0.3 is 27.5 Å². The number of aromatic nitrogens is 3. The van der Waals surface area contributed by atoms with Crippen molar-refractivity contribution in [1.82, 2.24) is 10.1 Å². The molecule has 0 atom stereocenters. The summed E-state index contributed by atoms with van der Waals surface area (Å²) in [4.78, 5) is 5.38. The third-order valence-electron chi connectivity index (χ3n) is 2.50. The van der Waals surface area contributed by atoms with E-state index in [-0.39, 0.29) is 17.1 Å². The van der Waals surface area contributed by atoms with Crippen LogP contribution < -0.4 is 4.52 Å². The third kappa shape index (κ3) is 3.20. The van der Waals surface area contributed by atoms with Gasteiger partial charge in [0.15, 0.2) is 0 Å². The summed E-state index contributed by atoms with van der Waals surface area (Å²) in [6.45, 7) is 0. The molecule has 3 nitrogen and oxygen atoms in total. The van der Waals surface area contributed by atoms with Gasteiger partial charge in [-0.15, -0.1) is 0 Å². The van der Waals surface area contributed by atoms with Crippen molar-refractivity contribution >= 4 is 16.3 Å². The minimum absolute atomic E-state index is 0. The number of hydrogen-bond acceptors (Lipinski definition) is 2. The Kier molecular flexibility index (Phi) is 4.68. The molecular weight excluding hydrogens is 298 g/mol. The summed E-state index contributed by atoms with van der Waals surface area (Å²) >= 11 is 1.55. The maximum absolute atomic E-state index is 4.43. The average molecular weight is 309 g/mol. The van der Waals surface area contributed by atoms with Gasteiger partial charge in [-0.05, 0) is 0 Å². The smallest absolute Gasteiger partial charge is 0.314 e. The zero-order chi connectivity index (χ0) is 12.2. The summed E-state index contributed by atoms with van der Waals surface area (Å²) in [6, 6.07) is 18.1. The fourth-order valence-corrected chi connectivity index (χ4v) is 2.25. The van der Waals surface area contributed by atoms with Crippen LogP contribution in [0.4, 0.5) is 0 Å². The minimum Gasteiger partial charge on any atom is -0.314 e. The van der Waals surface area contributed by atoms with Gasteiger partial charge in [-0.3, -0.25) is 16.6 Å². The van der Waals surface area contributed by atoms with E-state index in [0.29, 0.717) is 0 Å². The Bertz CT molecular complexity index is 646. The minimum atomic E-state index is 0. The number of fused-ring (bicyclic) bond motifs is 1. The zero-order valence-corrected chi connectivity index (χ0v) is 11.9. The average Bonchev–Trinajstić information content (AvgIpc) is 3.16. The van der Waals surface area contributed by atoms with Crippen LogP contribution in [0.1, 0.15) is 0 Å². The van der Waals surface area contributed by atoms with E-state index >= 15 is 0 Å². The van der Waals surface area contributed by atoms with Gasteiger partial charge in [-0.2, -0.15) is 30.3 Å². The normalized spacial score (nSPS) is 9.68. The van der Waals surface area contributed by atoms with E-state index in [1.165, 1.54) is 0 Å². The second kappa shape index (κ2) is 6.48. The fraction of sp³-hybridized carbons (Fsp3) is 0. The summed E-state index contributed by atoms with van der Waals surface area (Å²) in [6.07, 6.45) is 1.95. The van der Waals surface area contributed by atoms with Crippen LogP contribution in [0, 0.1) is 0 Å². The summed E-state index contributed by atoms with van der Waals surface area (Å²) in [5.74, 6) is 0. The Labute approximate surface area is 125 Å². The van der Waals surface area contributed by atoms with Crippen LogP contribution in [-0.4, -0.2) is 10.1 Å². The molecule has 0 unspecified atom stereocenters. The van der Waals surface area contributed by atoms with E-state index in [9.17, 15) is 0 Å². The fourth-order valence-electron chi connectivity index (χ4n) is 1.64. The van der Waals surface area contributed by atoms with Gasteiger partial charge in [0.2, 0.25) is 11.3 Å². The molecule has 0 fully saturated rings. The molecule has 0 aliphatic heterocycles. The number of nitrogens with zero attached hydrogens (tertiary/aromatic N) is 3. The molecule has 0 saturated heterocycles. The van der Waals surface area contributed by atoms with Gasteiger partial charge in [0.1, 0.15) is 0 Å². The van der Waals surface area contributed by atoms with Gasteiger partial charge in [-0.1, -0.05) is 17.0 Å². The molecule has 0 aliphatic rings. The number of imidazole rings is 1. The Morgan fingerprint density at radius 1 is 1.16 bits per heavy atom. The molecule has 19 heavy (non-hydrogen) atoms. The zero-order valence-electron chi connectivity index (χ0n) is 9.95. The molecule has 0 bridgehead atoms. The van der Waals surface area contributed by atoms with Gasteiger partial charge in [-0.25, -0.2) is 17.1 Å². The van der Waals surface area contributed by atoms with Gasteiger partial charge in [0, 0.05) is 0 Å². The van der Waals surface area contributed by atoms with Crippen LogP contribution in [0.2, 0.25) is 0 Å². The molecule has 4 rings (SSSR count). The van der Waals surface area contributed by atoms with Crippen molar-refractivity contribution in [3.05, 3.63) is 66.3 Å². The van der Waals surface area contributed by atoms with E-state index in [4.69, 9.17) is 0 Å². The summed E-state index contributed by atoms with van der Waals surface area (Å²) in [5, 5.41) is 4.12. The Morgan fingerprint density at radius 3 is 2.58 bits per heavy atom. The van der Waals surface area contributed by atoms with Crippen LogP contribution in [-0.2, 0) is 17.1 Å². The van der Waals surface area contributed by atoms with Crippen molar-refractivity contribution in [1.29, 1.82) is 0 Å². The van der Waals surface area contributed by atoms with Crippen molar-refractivity contribution in [2.45, 2.75) is 0 Å². The van der Waals surface area contributed by atoms with Gasteiger partial charge in [0.05, 0.1) is 0 Å². The van der Waals surface area contributed by atoms with Crippen LogP contribution in [0.5, 0.6) is 0 Å². The van der Waals surface area contributed by atoms with Crippen molar-refractivity contribution in [2.75, 3.05) is 0 Å². The van der Waals surface area contributed by atoms with Gasteiger partial charge in [0.25, 0.3) is 0 Å². The summed E-state index contributed by atoms with van der Waals surface area (Å²) < 4.78 is 1.80.